The molecule has 0 fully saturated rings. The van der Waals surface area contributed by atoms with E-state index < -0.39 is 11.8 Å². The van der Waals surface area contributed by atoms with Crippen LogP contribution >= 0.6 is 0 Å². The average molecular weight is 200 g/mol. The first-order chi connectivity index (χ1) is 6.36. The van der Waals surface area contributed by atoms with Gasteiger partial charge in [-0.2, -0.15) is 0 Å². The summed E-state index contributed by atoms with van der Waals surface area (Å²) in [6, 6.07) is 0. The predicted molar refractivity (Wildman–Crippen MR) is 51.8 cm³/mol. The third kappa shape index (κ3) is 8.77. The molecule has 0 rings (SSSR count). The van der Waals surface area contributed by atoms with Gasteiger partial charge in [0.2, 0.25) is 0 Å². The van der Waals surface area contributed by atoms with Gasteiger partial charge in [-0.05, 0) is 27.7 Å². The lowest BCUT2D eigenvalue weighted by Crippen LogP contribution is -2.14. The van der Waals surface area contributed by atoms with Gasteiger partial charge in [-0.1, -0.05) is 0 Å². The lowest BCUT2D eigenvalue weighted by Gasteiger charge is -1.97. The minimum absolute atomic E-state index is 0.0579. The summed E-state index contributed by atoms with van der Waals surface area (Å²) in [5.74, 6) is -0.949. The van der Waals surface area contributed by atoms with Gasteiger partial charge in [0, 0.05) is 0 Å². The first kappa shape index (κ1) is 15.2. The van der Waals surface area contributed by atoms with Crippen LogP contribution in [0.25, 0.3) is 0 Å². The summed E-state index contributed by atoms with van der Waals surface area (Å²) in [5, 5.41) is 0. The standard InChI is InChI=1S/C6H10O2.C4H6O2/c1-4(5(2)7)6(3)8;1-4(2-5)3-6/h4H,1-3H3;2-4H,1H3. The quantitative estimate of drug-likeness (QED) is 0.497. The summed E-state index contributed by atoms with van der Waals surface area (Å²) in [4.78, 5) is 39.7. The summed E-state index contributed by atoms with van der Waals surface area (Å²) in [6.07, 6.45) is 1.21. The number of rotatable bonds is 4. The molecule has 0 spiro atoms. The molecule has 0 aromatic carbocycles. The van der Waals surface area contributed by atoms with Crippen LogP contribution in [0.4, 0.5) is 0 Å². The van der Waals surface area contributed by atoms with Gasteiger partial charge in [-0.25, -0.2) is 0 Å². The van der Waals surface area contributed by atoms with Crippen LogP contribution in [-0.4, -0.2) is 24.1 Å². The summed E-state index contributed by atoms with van der Waals surface area (Å²) < 4.78 is 0. The lowest BCUT2D eigenvalue weighted by molar-refractivity contribution is -0.129. The molecule has 0 aromatic heterocycles. The molecular weight excluding hydrogens is 184 g/mol. The van der Waals surface area contributed by atoms with Crippen LogP contribution in [0.5, 0.6) is 0 Å². The normalized spacial score (nSPS) is 9.00. The van der Waals surface area contributed by atoms with Crippen molar-refractivity contribution >= 4 is 24.1 Å². The van der Waals surface area contributed by atoms with Crippen LogP contribution in [0.15, 0.2) is 0 Å². The maximum absolute atomic E-state index is 10.4. The Kier molecular flexibility index (Phi) is 8.98. The Morgan fingerprint density at radius 1 is 0.929 bits per heavy atom. The molecule has 0 radical (unpaired) electrons. The van der Waals surface area contributed by atoms with Crippen molar-refractivity contribution in [3.05, 3.63) is 0 Å². The van der Waals surface area contributed by atoms with E-state index in [1.54, 1.807) is 13.8 Å². The van der Waals surface area contributed by atoms with Crippen molar-refractivity contribution in [2.45, 2.75) is 27.7 Å². The molecule has 0 heterocycles. The molecule has 80 valence electrons. The molecule has 0 bridgehead atoms. The van der Waals surface area contributed by atoms with Crippen molar-refractivity contribution in [2.75, 3.05) is 0 Å². The van der Waals surface area contributed by atoms with E-state index in [-0.39, 0.29) is 11.6 Å². The second kappa shape index (κ2) is 8.29. The van der Waals surface area contributed by atoms with Crippen molar-refractivity contribution in [1.29, 1.82) is 0 Å². The van der Waals surface area contributed by atoms with Gasteiger partial charge in [0.1, 0.15) is 24.1 Å². The van der Waals surface area contributed by atoms with E-state index in [4.69, 9.17) is 0 Å². The highest BCUT2D eigenvalue weighted by Crippen LogP contribution is 1.95. The largest absolute Gasteiger partial charge is 0.303 e. The van der Waals surface area contributed by atoms with Gasteiger partial charge in [0.15, 0.2) is 0 Å². The van der Waals surface area contributed by atoms with Gasteiger partial charge in [-0.15, -0.1) is 0 Å². The molecule has 0 aliphatic carbocycles. The molecule has 0 atom stereocenters. The van der Waals surface area contributed by atoms with E-state index in [1.165, 1.54) is 13.8 Å². The first-order valence-corrected chi connectivity index (χ1v) is 4.28. The number of carbonyl (C=O) groups is 4. The van der Waals surface area contributed by atoms with Gasteiger partial charge in [0.25, 0.3) is 0 Å². The van der Waals surface area contributed by atoms with E-state index >= 15 is 0 Å². The Hall–Kier alpha value is -1.32. The van der Waals surface area contributed by atoms with E-state index in [2.05, 4.69) is 0 Å². The molecule has 4 heteroatoms. The number of ketones is 2. The fourth-order valence-electron chi connectivity index (χ4n) is 0.318. The molecule has 0 saturated heterocycles. The number of hydrogen-bond acceptors (Lipinski definition) is 4. The number of aldehydes is 2. The monoisotopic (exact) mass is 200 g/mol. The van der Waals surface area contributed by atoms with E-state index in [1.807, 2.05) is 0 Å². The van der Waals surface area contributed by atoms with Gasteiger partial charge in [0.05, 0.1) is 11.8 Å². The zero-order valence-electron chi connectivity index (χ0n) is 8.94. The molecule has 4 nitrogen and oxygen atoms in total. The molecule has 0 N–H and O–H groups in total. The summed E-state index contributed by atoms with van der Waals surface area (Å²) in [6.45, 7) is 6.00. The molecule has 0 saturated carbocycles. The van der Waals surface area contributed by atoms with E-state index in [9.17, 15) is 19.2 Å². The SMILES string of the molecule is CC(=O)C(C)C(C)=O.CC(C=O)C=O. The lowest BCUT2D eigenvalue weighted by atomic mass is 10.0. The Bertz CT molecular complexity index is 198. The van der Waals surface area contributed by atoms with E-state index in [0.29, 0.717) is 12.6 Å². The summed E-state index contributed by atoms with van der Waals surface area (Å²) in [5.41, 5.74) is 0. The fourth-order valence-corrected chi connectivity index (χ4v) is 0.318. The second-order valence-electron chi connectivity index (χ2n) is 3.07. The van der Waals surface area contributed by atoms with Gasteiger partial charge in [-0.3, -0.25) is 9.59 Å². The van der Waals surface area contributed by atoms with E-state index in [0.717, 1.165) is 0 Å². The van der Waals surface area contributed by atoms with Crippen molar-refractivity contribution in [2.24, 2.45) is 11.8 Å². The Balaban J connectivity index is 0. The molecule has 0 unspecified atom stereocenters. The van der Waals surface area contributed by atoms with Crippen LogP contribution in [0.2, 0.25) is 0 Å². The van der Waals surface area contributed by atoms with Crippen molar-refractivity contribution < 1.29 is 19.2 Å². The van der Waals surface area contributed by atoms with Crippen molar-refractivity contribution in [3.63, 3.8) is 0 Å². The maximum atomic E-state index is 10.4. The molecule has 14 heavy (non-hydrogen) atoms. The number of hydrogen-bond donors (Lipinski definition) is 0. The third-order valence-electron chi connectivity index (χ3n) is 1.65. The maximum Gasteiger partial charge on any atom is 0.139 e. The first-order valence-electron chi connectivity index (χ1n) is 4.28. The molecule has 0 aliphatic heterocycles. The molecular formula is C10H16O4. The van der Waals surface area contributed by atoms with Crippen LogP contribution in [0.3, 0.4) is 0 Å². The zero-order valence-corrected chi connectivity index (χ0v) is 8.94. The van der Waals surface area contributed by atoms with Gasteiger partial charge >= 0.3 is 0 Å². The Labute approximate surface area is 83.7 Å². The van der Waals surface area contributed by atoms with Crippen LogP contribution in [-0.2, 0) is 19.2 Å². The fraction of sp³-hybridized carbons (Fsp3) is 0.600. The Morgan fingerprint density at radius 3 is 1.21 bits per heavy atom. The third-order valence-corrected chi connectivity index (χ3v) is 1.65. The van der Waals surface area contributed by atoms with Crippen LogP contribution < -0.4 is 0 Å². The molecule has 0 amide bonds. The smallest absolute Gasteiger partial charge is 0.139 e. The number of Topliss-reactive ketones (excluding diaryl/α,β-unsaturated/α-hetero) is 2. The summed E-state index contributed by atoms with van der Waals surface area (Å²) in [7, 11) is 0. The molecule has 0 aromatic rings. The Morgan fingerprint density at radius 2 is 1.21 bits per heavy atom. The number of carbonyl (C=O) groups excluding carboxylic acids is 4. The topological polar surface area (TPSA) is 68.3 Å². The highest BCUT2D eigenvalue weighted by molar-refractivity contribution is 5.99. The predicted octanol–water partition coefficient (Wildman–Crippen LogP) is 0.821. The van der Waals surface area contributed by atoms with Crippen LogP contribution in [0, 0.1) is 11.8 Å². The van der Waals surface area contributed by atoms with Crippen LogP contribution in [0.1, 0.15) is 27.7 Å². The minimum atomic E-state index is -0.426. The zero-order chi connectivity index (χ0) is 11.7. The van der Waals surface area contributed by atoms with Crippen molar-refractivity contribution in [1.82, 2.24) is 0 Å². The highest BCUT2D eigenvalue weighted by Gasteiger charge is 2.10. The average Bonchev–Trinajstić information content (AvgIpc) is 2.15. The highest BCUT2D eigenvalue weighted by atomic mass is 16.1. The minimum Gasteiger partial charge on any atom is -0.303 e. The van der Waals surface area contributed by atoms with Gasteiger partial charge < -0.3 is 9.59 Å². The van der Waals surface area contributed by atoms with Crippen molar-refractivity contribution in [3.8, 4) is 0 Å². The summed E-state index contributed by atoms with van der Waals surface area (Å²) >= 11 is 0. The molecule has 0 aliphatic rings. The second-order valence-corrected chi connectivity index (χ2v) is 3.07.